The minimum absolute atomic E-state index is 0.139. The minimum Gasteiger partial charge on any atom is -0.359 e. The van der Waals surface area contributed by atoms with Crippen molar-refractivity contribution in [2.45, 2.75) is 25.8 Å². The number of aryl methyl sites for hydroxylation is 1. The van der Waals surface area contributed by atoms with E-state index in [0.29, 0.717) is 23.6 Å². The summed E-state index contributed by atoms with van der Waals surface area (Å²) in [6.45, 7) is 2.47. The Kier molecular flexibility index (Phi) is 3.83. The Bertz CT molecular complexity index is 900. The van der Waals surface area contributed by atoms with Gasteiger partial charge in [0.1, 0.15) is 5.82 Å². The van der Waals surface area contributed by atoms with Crippen LogP contribution in [0.4, 0.5) is 4.39 Å². The molecule has 1 aliphatic rings. The molecule has 25 heavy (non-hydrogen) atoms. The number of halogens is 1. The SMILES string of the molecule is Cc1cc([C@@H]2CCCN2C(=O)c2cc(-c3ccc(F)cc3)on2)on1. The zero-order valence-corrected chi connectivity index (χ0v) is 13.6. The third-order valence-corrected chi connectivity index (χ3v) is 4.35. The predicted octanol–water partition coefficient (Wildman–Crippen LogP) is 3.75. The molecular weight excluding hydrogens is 325 g/mol. The molecule has 2 aromatic heterocycles. The molecule has 6 nitrogen and oxygen atoms in total. The molecule has 0 radical (unpaired) electrons. The first-order valence-electron chi connectivity index (χ1n) is 8.08. The highest BCUT2D eigenvalue weighted by Crippen LogP contribution is 2.33. The van der Waals surface area contributed by atoms with Gasteiger partial charge in [-0.3, -0.25) is 4.79 Å². The van der Waals surface area contributed by atoms with Gasteiger partial charge in [-0.2, -0.15) is 0 Å². The molecular formula is C18H16FN3O3. The first-order valence-corrected chi connectivity index (χ1v) is 8.08. The number of rotatable bonds is 3. The topological polar surface area (TPSA) is 72.4 Å². The van der Waals surface area contributed by atoms with Crippen LogP contribution in [0.25, 0.3) is 11.3 Å². The second-order valence-corrected chi connectivity index (χ2v) is 6.11. The zero-order valence-electron chi connectivity index (χ0n) is 13.6. The lowest BCUT2D eigenvalue weighted by atomic mass is 10.1. The van der Waals surface area contributed by atoms with Crippen molar-refractivity contribution in [3.05, 3.63) is 59.4 Å². The molecule has 3 heterocycles. The third-order valence-electron chi connectivity index (χ3n) is 4.35. The number of amides is 1. The van der Waals surface area contributed by atoms with Crippen molar-refractivity contribution in [1.82, 2.24) is 15.2 Å². The lowest BCUT2D eigenvalue weighted by Gasteiger charge is -2.21. The Morgan fingerprint density at radius 1 is 1.20 bits per heavy atom. The molecule has 0 bridgehead atoms. The molecule has 0 aliphatic carbocycles. The van der Waals surface area contributed by atoms with Gasteiger partial charge in [-0.25, -0.2) is 4.39 Å². The Labute approximate surface area is 143 Å². The molecule has 128 valence electrons. The van der Waals surface area contributed by atoms with E-state index in [2.05, 4.69) is 10.3 Å². The van der Waals surface area contributed by atoms with E-state index >= 15 is 0 Å². The minimum atomic E-state index is -0.332. The van der Waals surface area contributed by atoms with Crippen LogP contribution in [0.3, 0.4) is 0 Å². The molecule has 1 aromatic carbocycles. The number of benzene rings is 1. The Balaban J connectivity index is 1.57. The van der Waals surface area contributed by atoms with E-state index in [4.69, 9.17) is 9.05 Å². The van der Waals surface area contributed by atoms with Crippen molar-refractivity contribution < 1.29 is 18.2 Å². The second kappa shape index (κ2) is 6.16. The molecule has 1 fully saturated rings. The van der Waals surface area contributed by atoms with Gasteiger partial charge in [0, 0.05) is 24.2 Å². The van der Waals surface area contributed by atoms with Crippen molar-refractivity contribution in [2.24, 2.45) is 0 Å². The Hall–Kier alpha value is -2.96. The van der Waals surface area contributed by atoms with Gasteiger partial charge >= 0.3 is 0 Å². The van der Waals surface area contributed by atoms with Crippen LogP contribution in [-0.4, -0.2) is 27.7 Å². The smallest absolute Gasteiger partial charge is 0.276 e. The van der Waals surface area contributed by atoms with Crippen LogP contribution < -0.4 is 0 Å². The van der Waals surface area contributed by atoms with Gasteiger partial charge in [0.15, 0.2) is 17.2 Å². The molecule has 0 saturated carbocycles. The van der Waals surface area contributed by atoms with Crippen molar-refractivity contribution in [3.8, 4) is 11.3 Å². The number of carbonyl (C=O) groups is 1. The van der Waals surface area contributed by atoms with Gasteiger partial charge in [0.25, 0.3) is 5.91 Å². The van der Waals surface area contributed by atoms with Crippen molar-refractivity contribution >= 4 is 5.91 Å². The van der Waals surface area contributed by atoms with Crippen LogP contribution in [0.2, 0.25) is 0 Å². The third kappa shape index (κ3) is 2.93. The van der Waals surface area contributed by atoms with Gasteiger partial charge in [-0.1, -0.05) is 10.3 Å². The van der Waals surface area contributed by atoms with Gasteiger partial charge in [-0.05, 0) is 44.0 Å². The van der Waals surface area contributed by atoms with E-state index in [1.54, 1.807) is 23.1 Å². The lowest BCUT2D eigenvalue weighted by Crippen LogP contribution is -2.30. The van der Waals surface area contributed by atoms with Crippen molar-refractivity contribution in [1.29, 1.82) is 0 Å². The monoisotopic (exact) mass is 341 g/mol. The quantitative estimate of drug-likeness (QED) is 0.725. The molecule has 1 atom stereocenters. The fourth-order valence-corrected chi connectivity index (χ4v) is 3.12. The predicted molar refractivity (Wildman–Crippen MR) is 86.1 cm³/mol. The van der Waals surface area contributed by atoms with E-state index in [0.717, 1.165) is 18.5 Å². The molecule has 1 aliphatic heterocycles. The average molecular weight is 341 g/mol. The molecule has 3 aromatic rings. The molecule has 1 saturated heterocycles. The summed E-state index contributed by atoms with van der Waals surface area (Å²) in [6, 6.07) is 9.13. The fourth-order valence-electron chi connectivity index (χ4n) is 3.12. The summed E-state index contributed by atoms with van der Waals surface area (Å²) in [7, 11) is 0. The van der Waals surface area contributed by atoms with Gasteiger partial charge in [-0.15, -0.1) is 0 Å². The number of hydrogen-bond acceptors (Lipinski definition) is 5. The van der Waals surface area contributed by atoms with E-state index in [-0.39, 0.29) is 23.5 Å². The summed E-state index contributed by atoms with van der Waals surface area (Å²) in [5.74, 6) is 0.565. The average Bonchev–Trinajstić information content (AvgIpc) is 3.35. The highest BCUT2D eigenvalue weighted by Gasteiger charge is 2.34. The van der Waals surface area contributed by atoms with Crippen LogP contribution in [0.15, 0.2) is 45.4 Å². The van der Waals surface area contributed by atoms with Crippen LogP contribution >= 0.6 is 0 Å². The van der Waals surface area contributed by atoms with Crippen molar-refractivity contribution in [3.63, 3.8) is 0 Å². The van der Waals surface area contributed by atoms with Gasteiger partial charge < -0.3 is 13.9 Å². The van der Waals surface area contributed by atoms with Crippen molar-refractivity contribution in [2.75, 3.05) is 6.54 Å². The van der Waals surface area contributed by atoms with Crippen LogP contribution in [-0.2, 0) is 0 Å². The lowest BCUT2D eigenvalue weighted by molar-refractivity contribution is 0.0704. The normalized spacial score (nSPS) is 17.2. The second-order valence-electron chi connectivity index (χ2n) is 6.11. The standard InChI is InChI=1S/C18H16FN3O3/c1-11-9-17(25-20-11)15-3-2-8-22(15)18(23)14-10-16(24-21-14)12-4-6-13(19)7-5-12/h4-7,9-10,15H,2-3,8H2,1H3/t15-/m0/s1. The molecule has 0 N–H and O–H groups in total. The number of aromatic nitrogens is 2. The molecule has 0 spiro atoms. The van der Waals surface area contributed by atoms with Gasteiger partial charge in [0.05, 0.1) is 11.7 Å². The summed E-state index contributed by atoms with van der Waals surface area (Å²) in [5.41, 5.74) is 1.67. The Morgan fingerprint density at radius 2 is 2.00 bits per heavy atom. The van der Waals surface area contributed by atoms with E-state index < -0.39 is 0 Å². The van der Waals surface area contributed by atoms with Crippen LogP contribution in [0, 0.1) is 12.7 Å². The molecule has 4 rings (SSSR count). The summed E-state index contributed by atoms with van der Waals surface area (Å²) < 4.78 is 23.6. The van der Waals surface area contributed by atoms with Crippen LogP contribution in [0.1, 0.15) is 40.8 Å². The maximum Gasteiger partial charge on any atom is 0.276 e. The molecule has 7 heteroatoms. The van der Waals surface area contributed by atoms with Gasteiger partial charge in [0.2, 0.25) is 0 Å². The summed E-state index contributed by atoms with van der Waals surface area (Å²) in [5, 5.41) is 7.79. The molecule has 0 unspecified atom stereocenters. The van der Waals surface area contributed by atoms with E-state index in [9.17, 15) is 9.18 Å². The number of carbonyl (C=O) groups excluding carboxylic acids is 1. The number of nitrogens with zero attached hydrogens (tertiary/aromatic N) is 3. The fraction of sp³-hybridized carbons (Fsp3) is 0.278. The maximum atomic E-state index is 13.0. The number of likely N-dealkylation sites (tertiary alicyclic amines) is 1. The first-order chi connectivity index (χ1) is 12.1. The molecule has 1 amide bonds. The summed E-state index contributed by atoms with van der Waals surface area (Å²) in [4.78, 5) is 14.5. The summed E-state index contributed by atoms with van der Waals surface area (Å²) in [6.07, 6.45) is 1.71. The van der Waals surface area contributed by atoms with Crippen LogP contribution in [0.5, 0.6) is 0 Å². The first kappa shape index (κ1) is 15.6. The summed E-state index contributed by atoms with van der Waals surface area (Å²) >= 11 is 0. The largest absolute Gasteiger partial charge is 0.359 e. The Morgan fingerprint density at radius 3 is 2.72 bits per heavy atom. The zero-order chi connectivity index (χ0) is 17.4. The van der Waals surface area contributed by atoms with E-state index in [1.165, 1.54) is 12.1 Å². The number of hydrogen-bond donors (Lipinski definition) is 0. The highest BCUT2D eigenvalue weighted by atomic mass is 19.1. The van der Waals surface area contributed by atoms with E-state index in [1.807, 2.05) is 13.0 Å². The highest BCUT2D eigenvalue weighted by molar-refractivity contribution is 5.93. The maximum absolute atomic E-state index is 13.0.